The lowest BCUT2D eigenvalue weighted by atomic mass is 10.1. The van der Waals surface area contributed by atoms with Gasteiger partial charge in [0, 0.05) is 13.1 Å². The summed E-state index contributed by atoms with van der Waals surface area (Å²) in [6.07, 6.45) is -4.36. The Bertz CT molecular complexity index is 757. The van der Waals surface area contributed by atoms with E-state index in [4.69, 9.17) is 0 Å². The smallest absolute Gasteiger partial charge is 0.351 e. The molecule has 1 N–H and O–H groups in total. The molecule has 2 aromatic rings. The van der Waals surface area contributed by atoms with Gasteiger partial charge in [-0.2, -0.15) is 13.2 Å². The number of hydrogen-bond acceptors (Lipinski definition) is 2. The molecule has 0 aromatic heterocycles. The average molecular weight is 368 g/mol. The van der Waals surface area contributed by atoms with E-state index in [-0.39, 0.29) is 24.8 Å². The molecule has 0 aliphatic rings. The Labute approximate surface area is 149 Å². The molecule has 140 valence electrons. The molecule has 0 atom stereocenters. The fourth-order valence-electron chi connectivity index (χ4n) is 2.41. The topological polar surface area (TPSA) is 32.3 Å². The fraction of sp³-hybridized carbons (Fsp3) is 0.316. The van der Waals surface area contributed by atoms with Gasteiger partial charge in [-0.3, -0.25) is 9.69 Å². The maximum Gasteiger partial charge on any atom is 0.416 e. The van der Waals surface area contributed by atoms with Crippen molar-refractivity contribution in [1.82, 2.24) is 10.2 Å². The van der Waals surface area contributed by atoms with E-state index in [1.165, 1.54) is 18.2 Å². The number of nitrogens with zero attached hydrogens (tertiary/aromatic N) is 1. The molecular formula is C19H20F4N2O. The first kappa shape index (κ1) is 19.9. The van der Waals surface area contributed by atoms with Gasteiger partial charge in [0.25, 0.3) is 0 Å². The molecule has 0 heterocycles. The Morgan fingerprint density at radius 1 is 1.08 bits per heavy atom. The highest BCUT2D eigenvalue weighted by molar-refractivity contribution is 5.77. The Kier molecular flexibility index (Phi) is 6.37. The van der Waals surface area contributed by atoms with Gasteiger partial charge in [-0.15, -0.1) is 0 Å². The highest BCUT2D eigenvalue weighted by atomic mass is 19.4. The zero-order valence-corrected chi connectivity index (χ0v) is 14.5. The Hall–Kier alpha value is -2.41. The molecule has 0 radical (unpaired) electrons. The predicted molar refractivity (Wildman–Crippen MR) is 90.8 cm³/mol. The van der Waals surface area contributed by atoms with Crippen LogP contribution in [0.15, 0.2) is 42.5 Å². The molecule has 0 saturated carbocycles. The summed E-state index contributed by atoms with van der Waals surface area (Å²) in [4.78, 5) is 13.6. The molecule has 0 aliphatic carbocycles. The van der Waals surface area contributed by atoms with Gasteiger partial charge >= 0.3 is 6.18 Å². The summed E-state index contributed by atoms with van der Waals surface area (Å²) in [6, 6.07) is 9.60. The van der Waals surface area contributed by atoms with Gasteiger partial charge in [0.1, 0.15) is 5.82 Å². The fourth-order valence-corrected chi connectivity index (χ4v) is 2.41. The third-order valence-electron chi connectivity index (χ3n) is 3.87. The number of nitrogens with one attached hydrogen (secondary N) is 1. The van der Waals surface area contributed by atoms with Crippen LogP contribution in [0.1, 0.15) is 22.3 Å². The van der Waals surface area contributed by atoms with Crippen molar-refractivity contribution in [3.8, 4) is 0 Å². The van der Waals surface area contributed by atoms with E-state index in [0.29, 0.717) is 23.2 Å². The minimum absolute atomic E-state index is 0.0787. The van der Waals surface area contributed by atoms with Crippen molar-refractivity contribution in [3.63, 3.8) is 0 Å². The van der Waals surface area contributed by atoms with Crippen LogP contribution in [-0.4, -0.2) is 24.4 Å². The quantitative estimate of drug-likeness (QED) is 0.785. The first-order valence-corrected chi connectivity index (χ1v) is 8.01. The van der Waals surface area contributed by atoms with Crippen LogP contribution in [0.2, 0.25) is 0 Å². The van der Waals surface area contributed by atoms with E-state index in [2.05, 4.69) is 5.32 Å². The van der Waals surface area contributed by atoms with E-state index in [1.807, 2.05) is 0 Å². The van der Waals surface area contributed by atoms with Gasteiger partial charge < -0.3 is 5.32 Å². The summed E-state index contributed by atoms with van der Waals surface area (Å²) in [5, 5.41) is 2.70. The second kappa shape index (κ2) is 8.31. The van der Waals surface area contributed by atoms with Crippen LogP contribution in [-0.2, 0) is 24.1 Å². The Morgan fingerprint density at radius 2 is 1.69 bits per heavy atom. The van der Waals surface area contributed by atoms with E-state index in [1.54, 1.807) is 31.0 Å². The van der Waals surface area contributed by atoms with Crippen LogP contribution in [0.3, 0.4) is 0 Å². The molecule has 2 rings (SSSR count). The van der Waals surface area contributed by atoms with Crippen LogP contribution in [0, 0.1) is 12.7 Å². The molecule has 0 spiro atoms. The van der Waals surface area contributed by atoms with Gasteiger partial charge in [0.05, 0.1) is 12.1 Å². The standard InChI is InChI=1S/C19H20F4N2O/c1-13-3-4-15(9-17(13)20)10-24-18(26)12-25(2)11-14-5-7-16(8-6-14)19(21,22)23/h3-9H,10-12H2,1-2H3,(H,24,26). The molecule has 0 bridgehead atoms. The number of aryl methyl sites for hydroxylation is 1. The summed E-state index contributed by atoms with van der Waals surface area (Å²) in [7, 11) is 1.70. The third kappa shape index (κ3) is 5.84. The van der Waals surface area contributed by atoms with E-state index >= 15 is 0 Å². The van der Waals surface area contributed by atoms with E-state index in [9.17, 15) is 22.4 Å². The lowest BCUT2D eigenvalue weighted by molar-refractivity contribution is -0.137. The summed E-state index contributed by atoms with van der Waals surface area (Å²) in [5.74, 6) is -0.573. The Morgan fingerprint density at radius 3 is 2.27 bits per heavy atom. The number of carbonyl (C=O) groups is 1. The molecule has 26 heavy (non-hydrogen) atoms. The molecular weight excluding hydrogens is 348 g/mol. The number of hydrogen-bond donors (Lipinski definition) is 1. The predicted octanol–water partition coefficient (Wildman–Crippen LogP) is 3.90. The van der Waals surface area contributed by atoms with Crippen molar-refractivity contribution < 1.29 is 22.4 Å². The molecule has 0 unspecified atom stereocenters. The molecule has 2 aromatic carbocycles. The number of rotatable bonds is 6. The summed E-state index contributed by atoms with van der Waals surface area (Å²) in [5.41, 5.74) is 1.17. The Balaban J connectivity index is 1.82. The molecule has 7 heteroatoms. The summed E-state index contributed by atoms with van der Waals surface area (Å²) in [6.45, 7) is 2.29. The number of amides is 1. The molecule has 0 fully saturated rings. The van der Waals surface area contributed by atoms with Gasteiger partial charge in [0.2, 0.25) is 5.91 Å². The molecule has 0 saturated heterocycles. The van der Waals surface area contributed by atoms with Crippen LogP contribution in [0.25, 0.3) is 0 Å². The maximum atomic E-state index is 13.5. The maximum absolute atomic E-state index is 13.5. The number of likely N-dealkylation sites (N-methyl/N-ethyl adjacent to an activating group) is 1. The van der Waals surface area contributed by atoms with E-state index < -0.39 is 11.7 Å². The third-order valence-corrected chi connectivity index (χ3v) is 3.87. The van der Waals surface area contributed by atoms with Crippen molar-refractivity contribution in [1.29, 1.82) is 0 Å². The van der Waals surface area contributed by atoms with E-state index in [0.717, 1.165) is 12.1 Å². The minimum atomic E-state index is -4.36. The van der Waals surface area contributed by atoms with Crippen LogP contribution in [0.4, 0.5) is 17.6 Å². The zero-order chi connectivity index (χ0) is 19.3. The minimum Gasteiger partial charge on any atom is -0.351 e. The first-order valence-electron chi connectivity index (χ1n) is 8.01. The van der Waals surface area contributed by atoms with Crippen LogP contribution in [0.5, 0.6) is 0 Å². The van der Waals surface area contributed by atoms with Crippen molar-refractivity contribution in [2.75, 3.05) is 13.6 Å². The first-order chi connectivity index (χ1) is 12.1. The highest BCUT2D eigenvalue weighted by Gasteiger charge is 2.29. The molecule has 0 aliphatic heterocycles. The normalized spacial score (nSPS) is 11.7. The SMILES string of the molecule is Cc1ccc(CNC(=O)CN(C)Cc2ccc(C(F)(F)F)cc2)cc1F. The lowest BCUT2D eigenvalue weighted by Crippen LogP contribution is -2.34. The highest BCUT2D eigenvalue weighted by Crippen LogP contribution is 2.29. The van der Waals surface area contributed by atoms with Crippen LogP contribution >= 0.6 is 0 Å². The second-order valence-electron chi connectivity index (χ2n) is 6.23. The number of carbonyl (C=O) groups excluding carboxylic acids is 1. The average Bonchev–Trinajstić information content (AvgIpc) is 2.55. The zero-order valence-electron chi connectivity index (χ0n) is 14.5. The lowest BCUT2D eigenvalue weighted by Gasteiger charge is -2.17. The number of benzene rings is 2. The summed E-state index contributed by atoms with van der Waals surface area (Å²) >= 11 is 0. The van der Waals surface area contributed by atoms with Gasteiger partial charge in [-0.1, -0.05) is 24.3 Å². The van der Waals surface area contributed by atoms with Gasteiger partial charge in [-0.05, 0) is 48.9 Å². The monoisotopic (exact) mass is 368 g/mol. The number of halogens is 4. The van der Waals surface area contributed by atoms with Crippen molar-refractivity contribution >= 4 is 5.91 Å². The van der Waals surface area contributed by atoms with Gasteiger partial charge in [-0.25, -0.2) is 4.39 Å². The largest absolute Gasteiger partial charge is 0.416 e. The molecule has 3 nitrogen and oxygen atoms in total. The summed E-state index contributed by atoms with van der Waals surface area (Å²) < 4.78 is 51.1. The second-order valence-corrected chi connectivity index (χ2v) is 6.23. The number of alkyl halides is 3. The van der Waals surface area contributed by atoms with Crippen LogP contribution < -0.4 is 5.32 Å². The van der Waals surface area contributed by atoms with Crippen molar-refractivity contribution in [2.24, 2.45) is 0 Å². The van der Waals surface area contributed by atoms with Crippen molar-refractivity contribution in [3.05, 3.63) is 70.5 Å². The van der Waals surface area contributed by atoms with Gasteiger partial charge in [0.15, 0.2) is 0 Å². The van der Waals surface area contributed by atoms with Crippen molar-refractivity contribution in [2.45, 2.75) is 26.2 Å². The molecule has 1 amide bonds.